The van der Waals surface area contributed by atoms with Gasteiger partial charge in [-0.2, -0.15) is 0 Å². The summed E-state index contributed by atoms with van der Waals surface area (Å²) < 4.78 is 0. The normalized spacial score (nSPS) is 18.2. The molecule has 1 aliphatic heterocycles. The molecule has 0 bridgehead atoms. The lowest BCUT2D eigenvalue weighted by Gasteiger charge is -2.35. The van der Waals surface area contributed by atoms with Crippen LogP contribution in [0.3, 0.4) is 0 Å². The molecule has 0 spiro atoms. The predicted octanol–water partition coefficient (Wildman–Crippen LogP) is 1.72. The summed E-state index contributed by atoms with van der Waals surface area (Å²) in [6.07, 6.45) is 1.59. The van der Waals surface area contributed by atoms with Crippen molar-refractivity contribution >= 4 is 29.9 Å². The van der Waals surface area contributed by atoms with Crippen LogP contribution in [-0.4, -0.2) is 19.0 Å². The molecule has 0 radical (unpaired) electrons. The van der Waals surface area contributed by atoms with Crippen molar-refractivity contribution in [1.29, 1.82) is 0 Å². The number of nitrogens with one attached hydrogen (secondary N) is 1. The summed E-state index contributed by atoms with van der Waals surface area (Å²) in [5, 5.41) is 3.27. The third-order valence-electron chi connectivity index (χ3n) is 3.53. The van der Waals surface area contributed by atoms with E-state index in [1.165, 1.54) is 5.56 Å². The average molecular weight is 346 g/mol. The van der Waals surface area contributed by atoms with Gasteiger partial charge in [0.25, 0.3) is 0 Å². The number of hydrogen-bond acceptors (Lipinski definition) is 2. The van der Waals surface area contributed by atoms with Crippen LogP contribution in [0.15, 0.2) is 24.3 Å². The summed E-state index contributed by atoms with van der Waals surface area (Å²) >= 11 is 0. The molecule has 3 nitrogen and oxygen atoms in total. The van der Waals surface area contributed by atoms with Gasteiger partial charge < -0.3 is 11.1 Å². The van der Waals surface area contributed by atoms with Crippen LogP contribution in [0, 0.1) is 6.92 Å². The van der Waals surface area contributed by atoms with Crippen LogP contribution >= 0.6 is 24.0 Å². The van der Waals surface area contributed by atoms with Gasteiger partial charge >= 0.3 is 0 Å². The molecule has 2 rings (SSSR count). The number of nitrogens with two attached hydrogens (primary N) is 1. The van der Waals surface area contributed by atoms with E-state index in [1.54, 1.807) is 0 Å². The Morgan fingerprint density at radius 3 is 2.24 bits per heavy atom. The quantitative estimate of drug-likeness (QED) is 0.802. The van der Waals surface area contributed by atoms with Crippen molar-refractivity contribution in [2.45, 2.75) is 25.2 Å². The number of piperidine rings is 1. The van der Waals surface area contributed by atoms with Gasteiger partial charge in [0, 0.05) is 0 Å². The van der Waals surface area contributed by atoms with E-state index in [0.29, 0.717) is 0 Å². The van der Waals surface area contributed by atoms with Crippen molar-refractivity contribution in [2.75, 3.05) is 13.1 Å². The largest absolute Gasteiger partial charge is 0.369 e. The molecule has 1 amide bonds. The molecule has 1 fully saturated rings. The van der Waals surface area contributed by atoms with E-state index >= 15 is 0 Å². The summed E-state index contributed by atoms with van der Waals surface area (Å²) in [6, 6.07) is 8.15. The first kappa shape index (κ1) is 14.4. The number of hydrogen-bond donors (Lipinski definition) is 2. The van der Waals surface area contributed by atoms with E-state index in [4.69, 9.17) is 5.73 Å². The highest BCUT2D eigenvalue weighted by atomic mass is 127. The number of aryl methyl sites for hydroxylation is 1. The molecule has 1 aliphatic rings. The first-order valence-corrected chi connectivity index (χ1v) is 5.73. The van der Waals surface area contributed by atoms with Gasteiger partial charge in [-0.15, -0.1) is 24.0 Å². The fraction of sp³-hybridized carbons (Fsp3) is 0.462. The molecule has 1 saturated heterocycles. The number of carbonyl (C=O) groups is 1. The molecule has 4 heteroatoms. The summed E-state index contributed by atoms with van der Waals surface area (Å²) in [7, 11) is 0. The Hall–Kier alpha value is -0.620. The summed E-state index contributed by atoms with van der Waals surface area (Å²) in [6.45, 7) is 3.76. The van der Waals surface area contributed by atoms with Gasteiger partial charge in [-0.3, -0.25) is 4.79 Å². The minimum atomic E-state index is -0.459. The fourth-order valence-electron chi connectivity index (χ4n) is 2.40. The van der Waals surface area contributed by atoms with Crippen molar-refractivity contribution in [3.05, 3.63) is 35.4 Å². The van der Waals surface area contributed by atoms with E-state index in [0.717, 1.165) is 31.5 Å². The highest BCUT2D eigenvalue weighted by Crippen LogP contribution is 2.33. The molecular weight excluding hydrogens is 327 g/mol. The van der Waals surface area contributed by atoms with Gasteiger partial charge in [0.15, 0.2) is 0 Å². The first-order chi connectivity index (χ1) is 7.65. The third-order valence-corrected chi connectivity index (χ3v) is 3.53. The standard InChI is InChI=1S/C13H18N2O.HI/c1-10-2-4-11(5-3-10)13(12(14)16)6-8-15-9-7-13;/h2-5,15H,6-9H2,1H3,(H2,14,16);1H. The second kappa shape index (κ2) is 5.82. The Labute approximate surface area is 119 Å². The van der Waals surface area contributed by atoms with Crippen molar-refractivity contribution < 1.29 is 4.79 Å². The van der Waals surface area contributed by atoms with Gasteiger partial charge in [-0.25, -0.2) is 0 Å². The first-order valence-electron chi connectivity index (χ1n) is 5.73. The zero-order chi connectivity index (χ0) is 11.6. The summed E-state index contributed by atoms with van der Waals surface area (Å²) in [5.74, 6) is -0.196. The Bertz CT molecular complexity index is 383. The van der Waals surface area contributed by atoms with Crippen LogP contribution in [0.1, 0.15) is 24.0 Å². The number of benzene rings is 1. The molecule has 1 heterocycles. The molecule has 94 valence electrons. The van der Waals surface area contributed by atoms with Crippen LogP contribution in [0.4, 0.5) is 0 Å². The summed E-state index contributed by atoms with van der Waals surface area (Å²) in [4.78, 5) is 11.8. The van der Waals surface area contributed by atoms with Crippen LogP contribution < -0.4 is 11.1 Å². The lowest BCUT2D eigenvalue weighted by molar-refractivity contribution is -0.124. The third kappa shape index (κ3) is 2.80. The maximum Gasteiger partial charge on any atom is 0.228 e. The van der Waals surface area contributed by atoms with E-state index in [-0.39, 0.29) is 29.9 Å². The van der Waals surface area contributed by atoms with Gasteiger partial charge in [-0.05, 0) is 38.4 Å². The lowest BCUT2D eigenvalue weighted by atomic mass is 9.72. The van der Waals surface area contributed by atoms with E-state index < -0.39 is 5.41 Å². The molecular formula is C13H19IN2O. The van der Waals surface area contributed by atoms with Crippen molar-refractivity contribution in [3.8, 4) is 0 Å². The van der Waals surface area contributed by atoms with Gasteiger partial charge in [-0.1, -0.05) is 29.8 Å². The van der Waals surface area contributed by atoms with Crippen LogP contribution in [0.25, 0.3) is 0 Å². The minimum absolute atomic E-state index is 0. The monoisotopic (exact) mass is 346 g/mol. The highest BCUT2D eigenvalue weighted by Gasteiger charge is 2.39. The Kier molecular flexibility index (Phi) is 4.94. The Morgan fingerprint density at radius 2 is 1.76 bits per heavy atom. The highest BCUT2D eigenvalue weighted by molar-refractivity contribution is 14.0. The molecule has 0 unspecified atom stereocenters. The number of primary amides is 1. The molecule has 0 aliphatic carbocycles. The maximum atomic E-state index is 11.8. The molecule has 0 aromatic heterocycles. The molecule has 0 saturated carbocycles. The maximum absolute atomic E-state index is 11.8. The SMILES string of the molecule is Cc1ccc(C2(C(N)=O)CCNCC2)cc1.I. The van der Waals surface area contributed by atoms with E-state index in [2.05, 4.69) is 5.32 Å². The van der Waals surface area contributed by atoms with Gasteiger partial charge in [0.05, 0.1) is 5.41 Å². The zero-order valence-corrected chi connectivity index (χ0v) is 12.4. The predicted molar refractivity (Wildman–Crippen MR) is 79.6 cm³/mol. The van der Waals surface area contributed by atoms with Crippen molar-refractivity contribution in [2.24, 2.45) is 5.73 Å². The van der Waals surface area contributed by atoms with Gasteiger partial charge in [0.1, 0.15) is 0 Å². The number of halogens is 1. The topological polar surface area (TPSA) is 55.1 Å². The second-order valence-electron chi connectivity index (χ2n) is 4.56. The van der Waals surface area contributed by atoms with Crippen molar-refractivity contribution in [1.82, 2.24) is 5.32 Å². The lowest BCUT2D eigenvalue weighted by Crippen LogP contribution is -2.48. The smallest absolute Gasteiger partial charge is 0.228 e. The second-order valence-corrected chi connectivity index (χ2v) is 4.56. The Balaban J connectivity index is 0.00000144. The van der Waals surface area contributed by atoms with E-state index in [9.17, 15) is 4.79 Å². The number of carbonyl (C=O) groups excluding carboxylic acids is 1. The van der Waals surface area contributed by atoms with E-state index in [1.807, 2.05) is 31.2 Å². The van der Waals surface area contributed by atoms with Crippen LogP contribution in [0.2, 0.25) is 0 Å². The summed E-state index contributed by atoms with van der Waals surface area (Å²) in [5.41, 5.74) is 7.41. The number of amides is 1. The molecule has 17 heavy (non-hydrogen) atoms. The molecule has 0 atom stereocenters. The molecule has 3 N–H and O–H groups in total. The number of rotatable bonds is 2. The average Bonchev–Trinajstić information content (AvgIpc) is 2.30. The molecule has 1 aromatic carbocycles. The molecule has 1 aromatic rings. The Morgan fingerprint density at radius 1 is 1.24 bits per heavy atom. The minimum Gasteiger partial charge on any atom is -0.369 e. The van der Waals surface area contributed by atoms with Crippen LogP contribution in [0.5, 0.6) is 0 Å². The zero-order valence-electron chi connectivity index (χ0n) is 10.0. The van der Waals surface area contributed by atoms with Gasteiger partial charge in [0.2, 0.25) is 5.91 Å². The van der Waals surface area contributed by atoms with Crippen molar-refractivity contribution in [3.63, 3.8) is 0 Å². The van der Waals surface area contributed by atoms with Crippen LogP contribution in [-0.2, 0) is 10.2 Å². The fourth-order valence-corrected chi connectivity index (χ4v) is 2.40.